The number of ketones is 1. The molecule has 0 saturated heterocycles. The van der Waals surface area contributed by atoms with E-state index in [0.29, 0.717) is 31.4 Å². The first kappa shape index (κ1) is 11.9. The van der Waals surface area contributed by atoms with E-state index >= 15 is 0 Å². The average Bonchev–Trinajstić information content (AvgIpc) is 2.33. The maximum absolute atomic E-state index is 11.2. The number of rotatable bonds is 3. The Kier molecular flexibility index (Phi) is 3.33. The van der Waals surface area contributed by atoms with E-state index in [-0.39, 0.29) is 5.78 Å². The van der Waals surface area contributed by atoms with Crippen molar-refractivity contribution in [1.29, 1.82) is 0 Å². The van der Waals surface area contributed by atoms with Crippen LogP contribution in [-0.2, 0) is 4.79 Å². The highest BCUT2D eigenvalue weighted by Gasteiger charge is 2.32. The predicted molar refractivity (Wildman–Crippen MR) is 64.0 cm³/mol. The summed E-state index contributed by atoms with van der Waals surface area (Å²) in [4.78, 5) is 11.2. The number of hydrogen-bond acceptors (Lipinski definition) is 4. The van der Waals surface area contributed by atoms with Gasteiger partial charge in [0.25, 0.3) is 0 Å². The Balaban J connectivity index is 2.06. The maximum Gasteiger partial charge on any atom is 0.159 e. The minimum atomic E-state index is -0.722. The van der Waals surface area contributed by atoms with Crippen LogP contribution in [0.2, 0.25) is 0 Å². The SMILES string of the molecule is COc1cccc(OC2(N)CCC(=O)CC2)c1. The molecule has 4 heteroatoms. The normalized spacial score (nSPS) is 18.8. The van der Waals surface area contributed by atoms with E-state index in [9.17, 15) is 4.79 Å². The molecule has 0 spiro atoms. The molecule has 0 atom stereocenters. The Morgan fingerprint density at radius 3 is 2.53 bits per heavy atom. The van der Waals surface area contributed by atoms with E-state index in [1.54, 1.807) is 13.2 Å². The number of carbonyl (C=O) groups is 1. The lowest BCUT2D eigenvalue weighted by Gasteiger charge is -2.33. The molecule has 0 radical (unpaired) electrons. The van der Waals surface area contributed by atoms with Gasteiger partial charge >= 0.3 is 0 Å². The second-order valence-corrected chi connectivity index (χ2v) is 4.38. The molecule has 0 bridgehead atoms. The molecule has 0 aliphatic heterocycles. The third kappa shape index (κ3) is 2.97. The van der Waals surface area contributed by atoms with Gasteiger partial charge in [0.05, 0.1) is 7.11 Å². The van der Waals surface area contributed by atoms with Crippen LogP contribution in [0.4, 0.5) is 0 Å². The summed E-state index contributed by atoms with van der Waals surface area (Å²) >= 11 is 0. The van der Waals surface area contributed by atoms with Crippen LogP contribution in [0.25, 0.3) is 0 Å². The monoisotopic (exact) mass is 235 g/mol. The molecule has 92 valence electrons. The van der Waals surface area contributed by atoms with Crippen molar-refractivity contribution in [2.24, 2.45) is 5.73 Å². The second kappa shape index (κ2) is 4.75. The van der Waals surface area contributed by atoms with Gasteiger partial charge in [-0.15, -0.1) is 0 Å². The van der Waals surface area contributed by atoms with Gasteiger partial charge in [0, 0.05) is 31.7 Å². The molecule has 1 aromatic carbocycles. The zero-order valence-electron chi connectivity index (χ0n) is 9.94. The molecule has 1 aliphatic rings. The summed E-state index contributed by atoms with van der Waals surface area (Å²) in [5.74, 6) is 1.68. The zero-order chi connectivity index (χ0) is 12.3. The molecular formula is C13H17NO3. The lowest BCUT2D eigenvalue weighted by Crippen LogP contribution is -2.48. The number of carbonyl (C=O) groups excluding carboxylic acids is 1. The summed E-state index contributed by atoms with van der Waals surface area (Å²) in [6.07, 6.45) is 2.15. The Labute approximate surface area is 101 Å². The van der Waals surface area contributed by atoms with Crippen LogP contribution >= 0.6 is 0 Å². The smallest absolute Gasteiger partial charge is 0.159 e. The van der Waals surface area contributed by atoms with Gasteiger partial charge in [0.15, 0.2) is 5.72 Å². The summed E-state index contributed by atoms with van der Waals surface area (Å²) in [6, 6.07) is 7.34. The molecule has 4 nitrogen and oxygen atoms in total. The van der Waals surface area contributed by atoms with Crippen LogP contribution in [0, 0.1) is 0 Å². The molecule has 0 heterocycles. The molecule has 0 unspecified atom stereocenters. The molecule has 2 N–H and O–H groups in total. The lowest BCUT2D eigenvalue weighted by atomic mass is 9.91. The third-order valence-electron chi connectivity index (χ3n) is 3.02. The fourth-order valence-corrected chi connectivity index (χ4v) is 1.95. The van der Waals surface area contributed by atoms with Crippen molar-refractivity contribution in [3.8, 4) is 11.5 Å². The highest BCUT2D eigenvalue weighted by molar-refractivity contribution is 5.79. The van der Waals surface area contributed by atoms with Gasteiger partial charge in [-0.3, -0.25) is 10.5 Å². The van der Waals surface area contributed by atoms with Gasteiger partial charge in [-0.2, -0.15) is 0 Å². The van der Waals surface area contributed by atoms with Crippen molar-refractivity contribution in [1.82, 2.24) is 0 Å². The first-order chi connectivity index (χ1) is 8.11. The standard InChI is InChI=1S/C13H17NO3/c1-16-11-3-2-4-12(9-11)17-13(14)7-5-10(15)6-8-13/h2-4,9H,5-8,14H2,1H3. The van der Waals surface area contributed by atoms with Gasteiger partial charge in [0.2, 0.25) is 0 Å². The van der Waals surface area contributed by atoms with Crippen molar-refractivity contribution in [2.45, 2.75) is 31.4 Å². The fraction of sp³-hybridized carbons (Fsp3) is 0.462. The van der Waals surface area contributed by atoms with Crippen LogP contribution in [0.5, 0.6) is 11.5 Å². The first-order valence-corrected chi connectivity index (χ1v) is 5.75. The summed E-state index contributed by atoms with van der Waals surface area (Å²) in [5, 5.41) is 0. The van der Waals surface area contributed by atoms with E-state index in [1.807, 2.05) is 18.2 Å². The van der Waals surface area contributed by atoms with Gasteiger partial charge in [-0.1, -0.05) is 6.07 Å². The summed E-state index contributed by atoms with van der Waals surface area (Å²) in [6.45, 7) is 0. The highest BCUT2D eigenvalue weighted by Crippen LogP contribution is 2.29. The van der Waals surface area contributed by atoms with Gasteiger partial charge < -0.3 is 9.47 Å². The number of nitrogens with two attached hydrogens (primary N) is 1. The van der Waals surface area contributed by atoms with E-state index in [4.69, 9.17) is 15.2 Å². The number of ether oxygens (including phenoxy) is 2. The van der Waals surface area contributed by atoms with E-state index in [0.717, 1.165) is 5.75 Å². The number of hydrogen-bond donors (Lipinski definition) is 1. The Morgan fingerprint density at radius 2 is 1.88 bits per heavy atom. The molecule has 1 fully saturated rings. The number of methoxy groups -OCH3 is 1. The number of benzene rings is 1. The van der Waals surface area contributed by atoms with Crippen LogP contribution in [0.1, 0.15) is 25.7 Å². The largest absolute Gasteiger partial charge is 0.497 e. The summed E-state index contributed by atoms with van der Waals surface area (Å²) in [5.41, 5.74) is 5.41. The van der Waals surface area contributed by atoms with Crippen LogP contribution in [0.3, 0.4) is 0 Å². The zero-order valence-corrected chi connectivity index (χ0v) is 9.94. The molecule has 1 aliphatic carbocycles. The third-order valence-corrected chi connectivity index (χ3v) is 3.02. The van der Waals surface area contributed by atoms with Gasteiger partial charge in [-0.25, -0.2) is 0 Å². The molecular weight excluding hydrogens is 218 g/mol. The van der Waals surface area contributed by atoms with Crippen LogP contribution < -0.4 is 15.2 Å². The number of Topliss-reactive ketones (excluding diaryl/α,β-unsaturated/α-hetero) is 1. The fourth-order valence-electron chi connectivity index (χ4n) is 1.95. The summed E-state index contributed by atoms with van der Waals surface area (Å²) < 4.78 is 10.9. The van der Waals surface area contributed by atoms with Crippen molar-refractivity contribution in [3.63, 3.8) is 0 Å². The van der Waals surface area contributed by atoms with Gasteiger partial charge in [0.1, 0.15) is 17.3 Å². The van der Waals surface area contributed by atoms with E-state index in [1.165, 1.54) is 0 Å². The van der Waals surface area contributed by atoms with Crippen molar-refractivity contribution >= 4 is 5.78 Å². The Bertz CT molecular complexity index is 407. The van der Waals surface area contributed by atoms with Gasteiger partial charge in [-0.05, 0) is 12.1 Å². The Hall–Kier alpha value is -1.55. The average molecular weight is 235 g/mol. The molecule has 17 heavy (non-hydrogen) atoms. The Morgan fingerprint density at radius 1 is 1.24 bits per heavy atom. The van der Waals surface area contributed by atoms with Crippen LogP contribution in [-0.4, -0.2) is 18.6 Å². The van der Waals surface area contributed by atoms with Crippen molar-refractivity contribution in [2.75, 3.05) is 7.11 Å². The van der Waals surface area contributed by atoms with Crippen molar-refractivity contribution < 1.29 is 14.3 Å². The molecule has 0 aromatic heterocycles. The van der Waals surface area contributed by atoms with Crippen LogP contribution in [0.15, 0.2) is 24.3 Å². The predicted octanol–water partition coefficient (Wildman–Crippen LogP) is 1.87. The van der Waals surface area contributed by atoms with E-state index in [2.05, 4.69) is 0 Å². The molecule has 1 saturated carbocycles. The molecule has 2 rings (SSSR count). The van der Waals surface area contributed by atoms with E-state index < -0.39 is 5.72 Å². The topological polar surface area (TPSA) is 61.6 Å². The minimum Gasteiger partial charge on any atom is -0.497 e. The minimum absolute atomic E-state index is 0.264. The molecule has 0 amide bonds. The first-order valence-electron chi connectivity index (χ1n) is 5.75. The highest BCUT2D eigenvalue weighted by atomic mass is 16.5. The maximum atomic E-state index is 11.2. The second-order valence-electron chi connectivity index (χ2n) is 4.38. The summed E-state index contributed by atoms with van der Waals surface area (Å²) in [7, 11) is 1.61. The van der Waals surface area contributed by atoms with Crippen molar-refractivity contribution in [3.05, 3.63) is 24.3 Å². The molecule has 1 aromatic rings. The lowest BCUT2D eigenvalue weighted by molar-refractivity contribution is -0.124. The quantitative estimate of drug-likeness (QED) is 0.812.